The van der Waals surface area contributed by atoms with Crippen molar-refractivity contribution < 1.29 is 4.74 Å². The van der Waals surface area contributed by atoms with Crippen LogP contribution in [0.15, 0.2) is 0 Å². The van der Waals surface area contributed by atoms with E-state index in [1.807, 2.05) is 0 Å². The minimum absolute atomic E-state index is 0.858. The minimum atomic E-state index is 0.858. The van der Waals surface area contributed by atoms with E-state index in [1.54, 1.807) is 0 Å². The van der Waals surface area contributed by atoms with E-state index in [1.165, 1.54) is 32.1 Å². The predicted molar refractivity (Wildman–Crippen MR) is 67.6 cm³/mol. The average molecular weight is 225 g/mol. The van der Waals surface area contributed by atoms with Gasteiger partial charge in [-0.05, 0) is 31.1 Å². The summed E-state index contributed by atoms with van der Waals surface area (Å²) >= 11 is 0. The molecule has 3 unspecified atom stereocenters. The molecule has 2 nitrogen and oxygen atoms in total. The van der Waals surface area contributed by atoms with Crippen LogP contribution in [0.5, 0.6) is 0 Å². The smallest absolute Gasteiger partial charge is 0.0594 e. The van der Waals surface area contributed by atoms with Crippen LogP contribution in [-0.4, -0.2) is 37.2 Å². The molecule has 2 aliphatic rings. The summed E-state index contributed by atoms with van der Waals surface area (Å²) in [6, 6.07) is 0.858. The highest BCUT2D eigenvalue weighted by molar-refractivity contribution is 4.85. The summed E-state index contributed by atoms with van der Waals surface area (Å²) in [5.41, 5.74) is 0. The number of nitrogens with zero attached hydrogens (tertiary/aromatic N) is 1. The highest BCUT2D eigenvalue weighted by Gasteiger charge is 2.31. The number of hydrogen-bond donors (Lipinski definition) is 0. The van der Waals surface area contributed by atoms with Crippen molar-refractivity contribution in [2.75, 3.05) is 26.3 Å². The molecule has 2 rings (SSSR count). The van der Waals surface area contributed by atoms with E-state index < -0.39 is 0 Å². The Balaban J connectivity index is 1.87. The summed E-state index contributed by atoms with van der Waals surface area (Å²) in [6.07, 6.45) is 7.08. The van der Waals surface area contributed by atoms with E-state index in [4.69, 9.17) is 4.74 Å². The first-order valence-electron chi connectivity index (χ1n) is 7.17. The van der Waals surface area contributed by atoms with E-state index in [9.17, 15) is 0 Å². The van der Waals surface area contributed by atoms with Crippen LogP contribution in [0, 0.1) is 11.8 Å². The number of rotatable bonds is 3. The van der Waals surface area contributed by atoms with Gasteiger partial charge in [0, 0.05) is 19.1 Å². The lowest BCUT2D eigenvalue weighted by Crippen LogP contribution is -2.46. The molecule has 2 fully saturated rings. The third kappa shape index (κ3) is 2.78. The maximum absolute atomic E-state index is 5.44. The Labute approximate surface area is 100 Å². The molecule has 1 saturated carbocycles. The lowest BCUT2D eigenvalue weighted by Gasteiger charge is -2.42. The molecule has 0 aromatic carbocycles. The van der Waals surface area contributed by atoms with Gasteiger partial charge in [0.05, 0.1) is 13.2 Å². The number of hydrogen-bond acceptors (Lipinski definition) is 2. The molecule has 0 spiro atoms. The van der Waals surface area contributed by atoms with E-state index in [2.05, 4.69) is 18.7 Å². The van der Waals surface area contributed by atoms with Gasteiger partial charge in [-0.3, -0.25) is 4.90 Å². The molecule has 0 N–H and O–H groups in total. The Hall–Kier alpha value is -0.0800. The molecular weight excluding hydrogens is 198 g/mol. The lowest BCUT2D eigenvalue weighted by atomic mass is 9.74. The fraction of sp³-hybridized carbons (Fsp3) is 1.00. The highest BCUT2D eigenvalue weighted by Crippen LogP contribution is 2.36. The SMILES string of the molecule is CCC1CCC(N2CCOCC2)CC1CC. The Morgan fingerprint density at radius 2 is 1.69 bits per heavy atom. The summed E-state index contributed by atoms with van der Waals surface area (Å²) in [5, 5.41) is 0. The molecule has 1 aliphatic carbocycles. The molecule has 2 heteroatoms. The van der Waals surface area contributed by atoms with Crippen LogP contribution in [0.2, 0.25) is 0 Å². The molecule has 0 radical (unpaired) electrons. The second kappa shape index (κ2) is 6.02. The van der Waals surface area contributed by atoms with Gasteiger partial charge >= 0.3 is 0 Å². The molecule has 0 aromatic rings. The van der Waals surface area contributed by atoms with Crippen LogP contribution in [0.25, 0.3) is 0 Å². The van der Waals surface area contributed by atoms with E-state index in [0.717, 1.165) is 44.2 Å². The van der Waals surface area contributed by atoms with Crippen molar-refractivity contribution in [3.63, 3.8) is 0 Å². The fourth-order valence-corrected chi connectivity index (χ4v) is 3.61. The zero-order valence-electron chi connectivity index (χ0n) is 11.0. The van der Waals surface area contributed by atoms with Crippen LogP contribution in [-0.2, 0) is 4.74 Å². The number of morpholine rings is 1. The van der Waals surface area contributed by atoms with E-state index in [0.29, 0.717) is 0 Å². The molecule has 0 aromatic heterocycles. The van der Waals surface area contributed by atoms with Crippen LogP contribution < -0.4 is 0 Å². The zero-order chi connectivity index (χ0) is 11.4. The second-order valence-electron chi connectivity index (χ2n) is 5.45. The summed E-state index contributed by atoms with van der Waals surface area (Å²) in [4.78, 5) is 2.68. The lowest BCUT2D eigenvalue weighted by molar-refractivity contribution is -0.00464. The first kappa shape index (κ1) is 12.4. The molecule has 0 bridgehead atoms. The summed E-state index contributed by atoms with van der Waals surface area (Å²) in [6.45, 7) is 8.96. The quantitative estimate of drug-likeness (QED) is 0.732. The van der Waals surface area contributed by atoms with Gasteiger partial charge < -0.3 is 4.74 Å². The van der Waals surface area contributed by atoms with Crippen LogP contribution in [0.3, 0.4) is 0 Å². The minimum Gasteiger partial charge on any atom is -0.379 e. The Morgan fingerprint density at radius 1 is 1.00 bits per heavy atom. The molecule has 3 atom stereocenters. The largest absolute Gasteiger partial charge is 0.379 e. The van der Waals surface area contributed by atoms with Crippen molar-refractivity contribution in [3.8, 4) is 0 Å². The Bertz CT molecular complexity index is 201. The van der Waals surface area contributed by atoms with Crippen molar-refractivity contribution >= 4 is 0 Å². The third-order valence-electron chi connectivity index (χ3n) is 4.72. The van der Waals surface area contributed by atoms with Gasteiger partial charge in [-0.15, -0.1) is 0 Å². The summed E-state index contributed by atoms with van der Waals surface area (Å²) in [7, 11) is 0. The monoisotopic (exact) mass is 225 g/mol. The third-order valence-corrected chi connectivity index (χ3v) is 4.72. The molecule has 94 valence electrons. The van der Waals surface area contributed by atoms with Gasteiger partial charge in [-0.1, -0.05) is 26.7 Å². The fourth-order valence-electron chi connectivity index (χ4n) is 3.61. The topological polar surface area (TPSA) is 12.5 Å². The van der Waals surface area contributed by atoms with Crippen molar-refractivity contribution in [1.29, 1.82) is 0 Å². The maximum atomic E-state index is 5.44. The molecular formula is C14H27NO. The van der Waals surface area contributed by atoms with E-state index >= 15 is 0 Å². The van der Waals surface area contributed by atoms with E-state index in [-0.39, 0.29) is 0 Å². The highest BCUT2D eigenvalue weighted by atomic mass is 16.5. The first-order chi connectivity index (χ1) is 7.85. The van der Waals surface area contributed by atoms with Crippen molar-refractivity contribution in [2.45, 2.75) is 52.0 Å². The normalized spacial score (nSPS) is 37.5. The van der Waals surface area contributed by atoms with Gasteiger partial charge in [0.2, 0.25) is 0 Å². The van der Waals surface area contributed by atoms with Crippen molar-refractivity contribution in [1.82, 2.24) is 4.90 Å². The van der Waals surface area contributed by atoms with Gasteiger partial charge in [0.15, 0.2) is 0 Å². The summed E-state index contributed by atoms with van der Waals surface area (Å²) in [5.74, 6) is 1.98. The Kier molecular flexibility index (Phi) is 4.66. The average Bonchev–Trinajstić information content (AvgIpc) is 2.39. The maximum Gasteiger partial charge on any atom is 0.0594 e. The van der Waals surface area contributed by atoms with Crippen LogP contribution in [0.4, 0.5) is 0 Å². The Morgan fingerprint density at radius 3 is 2.31 bits per heavy atom. The predicted octanol–water partition coefficient (Wildman–Crippen LogP) is 2.92. The molecule has 1 heterocycles. The van der Waals surface area contributed by atoms with Gasteiger partial charge in [0.1, 0.15) is 0 Å². The summed E-state index contributed by atoms with van der Waals surface area (Å²) < 4.78 is 5.44. The van der Waals surface area contributed by atoms with Gasteiger partial charge in [-0.25, -0.2) is 0 Å². The zero-order valence-corrected chi connectivity index (χ0v) is 11.0. The molecule has 1 aliphatic heterocycles. The van der Waals surface area contributed by atoms with Gasteiger partial charge in [0.25, 0.3) is 0 Å². The standard InChI is InChI=1S/C14H27NO/c1-3-12-5-6-14(11-13(12)4-2)15-7-9-16-10-8-15/h12-14H,3-11H2,1-2H3. The second-order valence-corrected chi connectivity index (χ2v) is 5.45. The first-order valence-corrected chi connectivity index (χ1v) is 7.17. The number of ether oxygens (including phenoxy) is 1. The molecule has 1 saturated heterocycles. The van der Waals surface area contributed by atoms with Crippen LogP contribution in [0.1, 0.15) is 46.0 Å². The van der Waals surface area contributed by atoms with Gasteiger partial charge in [-0.2, -0.15) is 0 Å². The molecule has 0 amide bonds. The van der Waals surface area contributed by atoms with Crippen molar-refractivity contribution in [2.24, 2.45) is 11.8 Å². The van der Waals surface area contributed by atoms with Crippen LogP contribution >= 0.6 is 0 Å². The van der Waals surface area contributed by atoms with Crippen molar-refractivity contribution in [3.05, 3.63) is 0 Å². The molecule has 16 heavy (non-hydrogen) atoms.